The van der Waals surface area contributed by atoms with Crippen molar-refractivity contribution in [1.29, 1.82) is 0 Å². The van der Waals surface area contributed by atoms with Crippen molar-refractivity contribution in [1.82, 2.24) is 5.32 Å². The molecule has 1 aliphatic carbocycles. The molecular weight excluding hydrogens is 268 g/mol. The molecular formula is C8H17NO6P2+2. The van der Waals surface area contributed by atoms with Crippen LogP contribution >= 0.6 is 16.5 Å². The van der Waals surface area contributed by atoms with E-state index in [4.69, 9.17) is 9.79 Å². The van der Waals surface area contributed by atoms with E-state index in [1.165, 1.54) is 0 Å². The second-order valence-electron chi connectivity index (χ2n) is 3.87. The van der Waals surface area contributed by atoms with E-state index in [1.54, 1.807) is 0 Å². The van der Waals surface area contributed by atoms with Crippen molar-refractivity contribution >= 4 is 16.5 Å². The maximum Gasteiger partial charge on any atom is 0.699 e. The molecule has 98 valence electrons. The van der Waals surface area contributed by atoms with Crippen molar-refractivity contribution in [3.63, 3.8) is 0 Å². The van der Waals surface area contributed by atoms with Gasteiger partial charge in [-0.3, -0.25) is 5.32 Å². The first-order chi connectivity index (χ1) is 8.08. The van der Waals surface area contributed by atoms with E-state index in [9.17, 15) is 9.13 Å². The normalized spacial score (nSPS) is 21.8. The van der Waals surface area contributed by atoms with Crippen LogP contribution in [0.15, 0.2) is 0 Å². The second-order valence-corrected chi connectivity index (χ2v) is 5.25. The molecule has 0 aliphatic heterocycles. The molecule has 7 nitrogen and oxygen atoms in total. The van der Waals surface area contributed by atoms with Gasteiger partial charge in [-0.25, -0.2) is 0 Å². The molecule has 1 fully saturated rings. The van der Waals surface area contributed by atoms with E-state index in [-0.39, 0.29) is 6.04 Å². The fourth-order valence-corrected chi connectivity index (χ4v) is 2.49. The van der Waals surface area contributed by atoms with Crippen molar-refractivity contribution in [3.8, 4) is 0 Å². The average molecular weight is 285 g/mol. The third kappa shape index (κ3) is 7.11. The summed E-state index contributed by atoms with van der Waals surface area (Å²) in [6, 6.07) is 0.0763. The van der Waals surface area contributed by atoms with Gasteiger partial charge in [0.25, 0.3) is 0 Å². The molecule has 17 heavy (non-hydrogen) atoms. The Balaban J connectivity index is 2.44. The molecule has 2 unspecified atom stereocenters. The summed E-state index contributed by atoms with van der Waals surface area (Å²) >= 11 is 0. The Morgan fingerprint density at radius 1 is 1.00 bits per heavy atom. The van der Waals surface area contributed by atoms with Crippen LogP contribution in [-0.2, 0) is 18.2 Å². The maximum absolute atomic E-state index is 10.5. The van der Waals surface area contributed by atoms with Gasteiger partial charge in [0, 0.05) is 15.2 Å². The van der Waals surface area contributed by atoms with Gasteiger partial charge in [0.2, 0.25) is 0 Å². The monoisotopic (exact) mass is 285 g/mol. The molecule has 1 aliphatic rings. The van der Waals surface area contributed by atoms with E-state index in [2.05, 4.69) is 14.4 Å². The highest BCUT2D eigenvalue weighted by atomic mass is 31.1. The lowest BCUT2D eigenvalue weighted by Gasteiger charge is -2.16. The van der Waals surface area contributed by atoms with Gasteiger partial charge in [-0.2, -0.15) is 0 Å². The first kappa shape index (κ1) is 15.1. The van der Waals surface area contributed by atoms with E-state index in [1.807, 2.05) is 0 Å². The predicted molar refractivity (Wildman–Crippen MR) is 60.2 cm³/mol. The van der Waals surface area contributed by atoms with E-state index < -0.39 is 22.9 Å². The van der Waals surface area contributed by atoms with Gasteiger partial charge in [-0.15, -0.1) is 9.79 Å². The summed E-state index contributed by atoms with van der Waals surface area (Å²) in [5.41, 5.74) is 0. The minimum atomic E-state index is -2.88. The Labute approximate surface area is 101 Å². The summed E-state index contributed by atoms with van der Waals surface area (Å²) in [7, 11) is -5.76. The van der Waals surface area contributed by atoms with E-state index >= 15 is 0 Å². The Hall–Kier alpha value is -0.0000000000000000486. The Morgan fingerprint density at radius 3 is 1.88 bits per heavy atom. The molecule has 9 heteroatoms. The van der Waals surface area contributed by atoms with Crippen molar-refractivity contribution in [2.24, 2.45) is 0 Å². The topological polar surface area (TPSA) is 105 Å². The second kappa shape index (κ2) is 8.16. The highest BCUT2D eigenvalue weighted by Crippen LogP contribution is 2.26. The first-order valence-electron chi connectivity index (χ1n) is 5.50. The molecule has 2 atom stereocenters. The van der Waals surface area contributed by atoms with Crippen LogP contribution in [0.5, 0.6) is 0 Å². The number of hydrogen-bond acceptors (Lipinski definition) is 5. The Kier molecular flexibility index (Phi) is 7.23. The third-order valence-electron chi connectivity index (χ3n) is 2.60. The summed E-state index contributed by atoms with van der Waals surface area (Å²) in [6.45, 7) is 0. The number of hydrogen-bond donors (Lipinski definition) is 3. The van der Waals surface area contributed by atoms with Crippen LogP contribution in [0.2, 0.25) is 0 Å². The van der Waals surface area contributed by atoms with Gasteiger partial charge >= 0.3 is 22.9 Å². The molecule has 0 spiro atoms. The maximum atomic E-state index is 10.5. The fraction of sp³-hybridized carbons (Fsp3) is 1.00. The predicted octanol–water partition coefficient (Wildman–Crippen LogP) is 1.91. The molecule has 0 aromatic carbocycles. The van der Waals surface area contributed by atoms with Crippen LogP contribution in [0.1, 0.15) is 38.5 Å². The van der Waals surface area contributed by atoms with Crippen molar-refractivity contribution in [2.75, 3.05) is 0 Å². The standard InChI is InChI=1S/C8H15NO6P2/c10-16(11)14-8(15-17(12)13)9-7-5-3-1-2-4-6-7/h7-9H,1-6H2/p+2. The van der Waals surface area contributed by atoms with Gasteiger partial charge in [-0.1, -0.05) is 34.7 Å². The fourth-order valence-electron chi connectivity index (χ4n) is 1.88. The van der Waals surface area contributed by atoms with Crippen LogP contribution in [0.25, 0.3) is 0 Å². The van der Waals surface area contributed by atoms with Gasteiger partial charge in [0.15, 0.2) is 0 Å². The molecule has 0 aromatic rings. The van der Waals surface area contributed by atoms with E-state index in [0.29, 0.717) is 0 Å². The van der Waals surface area contributed by atoms with Gasteiger partial charge in [0.05, 0.1) is 0 Å². The van der Waals surface area contributed by atoms with Gasteiger partial charge in [-0.05, 0) is 12.8 Å². The summed E-state index contributed by atoms with van der Waals surface area (Å²) < 4.78 is 30.0. The summed E-state index contributed by atoms with van der Waals surface area (Å²) in [6.07, 6.45) is 4.91. The van der Waals surface area contributed by atoms with Crippen LogP contribution < -0.4 is 5.32 Å². The molecule has 3 N–H and O–H groups in total. The molecule has 0 radical (unpaired) electrons. The zero-order valence-electron chi connectivity index (χ0n) is 9.32. The van der Waals surface area contributed by atoms with Gasteiger partial charge < -0.3 is 0 Å². The zero-order chi connectivity index (χ0) is 12.7. The summed E-state index contributed by atoms with van der Waals surface area (Å²) in [5.74, 6) is 0. The minimum absolute atomic E-state index is 0.0763. The molecule has 0 bridgehead atoms. The SMILES string of the molecule is O=[P+](O)OC(NC1CCCCCC1)O[P+](=O)O. The molecule has 1 saturated carbocycles. The van der Waals surface area contributed by atoms with Crippen LogP contribution in [0.3, 0.4) is 0 Å². The largest absolute Gasteiger partial charge is 0.699 e. The molecule has 0 amide bonds. The lowest BCUT2D eigenvalue weighted by Crippen LogP contribution is -2.39. The van der Waals surface area contributed by atoms with Crippen LogP contribution in [-0.4, -0.2) is 22.2 Å². The van der Waals surface area contributed by atoms with Crippen molar-refractivity contribution in [3.05, 3.63) is 0 Å². The highest BCUT2D eigenvalue weighted by molar-refractivity contribution is 7.32. The van der Waals surface area contributed by atoms with Crippen LogP contribution in [0, 0.1) is 0 Å². The quantitative estimate of drug-likeness (QED) is 0.389. The van der Waals surface area contributed by atoms with E-state index in [0.717, 1.165) is 38.5 Å². The Bertz CT molecular complexity index is 253. The van der Waals surface area contributed by atoms with Gasteiger partial charge in [0.1, 0.15) is 0 Å². The van der Waals surface area contributed by atoms with Crippen molar-refractivity contribution < 1.29 is 28.0 Å². The zero-order valence-corrected chi connectivity index (χ0v) is 11.1. The lowest BCUT2D eigenvalue weighted by atomic mass is 10.1. The summed E-state index contributed by atoms with van der Waals surface area (Å²) in [5, 5.41) is 2.83. The minimum Gasteiger partial charge on any atom is -0.258 e. The number of rotatable bonds is 6. The Morgan fingerprint density at radius 2 is 1.47 bits per heavy atom. The molecule has 0 aromatic heterocycles. The summed E-state index contributed by atoms with van der Waals surface area (Å²) in [4.78, 5) is 17.2. The third-order valence-corrected chi connectivity index (χ3v) is 3.34. The molecule has 0 heterocycles. The van der Waals surface area contributed by atoms with Crippen molar-refractivity contribution in [2.45, 2.75) is 51.0 Å². The highest BCUT2D eigenvalue weighted by Gasteiger charge is 2.34. The first-order valence-corrected chi connectivity index (χ1v) is 7.76. The van der Waals surface area contributed by atoms with Crippen LogP contribution in [0.4, 0.5) is 0 Å². The average Bonchev–Trinajstić information content (AvgIpc) is 2.44. The number of nitrogens with one attached hydrogen (secondary N) is 1. The smallest absolute Gasteiger partial charge is 0.258 e. The lowest BCUT2D eigenvalue weighted by molar-refractivity contribution is -0.0338. The molecule has 1 rings (SSSR count). The molecule has 0 saturated heterocycles.